The van der Waals surface area contributed by atoms with E-state index < -0.39 is 0 Å². The highest BCUT2D eigenvalue weighted by atomic mass is 16.5. The Labute approximate surface area is 114 Å². The lowest BCUT2D eigenvalue weighted by atomic mass is 10.1. The van der Waals surface area contributed by atoms with Gasteiger partial charge in [-0.1, -0.05) is 30.3 Å². The molecule has 0 saturated carbocycles. The number of guanidine groups is 1. The molecule has 1 aromatic rings. The van der Waals surface area contributed by atoms with Crippen molar-refractivity contribution in [3.8, 4) is 0 Å². The zero-order valence-corrected chi connectivity index (χ0v) is 11.3. The van der Waals surface area contributed by atoms with Gasteiger partial charge < -0.3 is 15.4 Å². The lowest BCUT2D eigenvalue weighted by molar-refractivity contribution is 0.0157. The lowest BCUT2D eigenvalue weighted by Crippen LogP contribution is -2.46. The maximum atomic E-state index is 6.04. The molecule has 19 heavy (non-hydrogen) atoms. The minimum Gasteiger partial charge on any atom is -0.373 e. The van der Waals surface area contributed by atoms with Crippen molar-refractivity contribution >= 4 is 5.96 Å². The highest BCUT2D eigenvalue weighted by molar-refractivity contribution is 5.80. The molecule has 0 spiro atoms. The van der Waals surface area contributed by atoms with Crippen LogP contribution in [0.15, 0.2) is 35.3 Å². The van der Waals surface area contributed by atoms with Gasteiger partial charge in [0.25, 0.3) is 0 Å². The van der Waals surface area contributed by atoms with Gasteiger partial charge in [0, 0.05) is 6.54 Å². The van der Waals surface area contributed by atoms with Crippen LogP contribution in [-0.4, -0.2) is 35.7 Å². The predicted molar refractivity (Wildman–Crippen MR) is 75.8 cm³/mol. The van der Waals surface area contributed by atoms with Crippen molar-refractivity contribution < 1.29 is 4.74 Å². The highest BCUT2D eigenvalue weighted by Gasteiger charge is 2.37. The summed E-state index contributed by atoms with van der Waals surface area (Å²) in [4.78, 5) is 6.60. The van der Waals surface area contributed by atoms with Crippen molar-refractivity contribution in [1.82, 2.24) is 4.90 Å². The average Bonchev–Trinajstić information content (AvgIpc) is 2.99. The maximum absolute atomic E-state index is 6.04. The van der Waals surface area contributed by atoms with Crippen LogP contribution < -0.4 is 5.73 Å². The van der Waals surface area contributed by atoms with Crippen molar-refractivity contribution in [2.75, 3.05) is 6.54 Å². The van der Waals surface area contributed by atoms with Crippen LogP contribution in [0.2, 0.25) is 0 Å². The first kappa shape index (κ1) is 12.5. The molecule has 4 nitrogen and oxygen atoms in total. The third kappa shape index (κ3) is 2.59. The van der Waals surface area contributed by atoms with Crippen LogP contribution in [0.3, 0.4) is 0 Å². The number of aliphatic imine (C=N–C) groups is 1. The largest absolute Gasteiger partial charge is 0.373 e. The molecule has 1 saturated heterocycles. The topological polar surface area (TPSA) is 50.8 Å². The Balaban J connectivity index is 1.72. The van der Waals surface area contributed by atoms with Crippen LogP contribution in [0, 0.1) is 0 Å². The first-order chi connectivity index (χ1) is 9.24. The fourth-order valence-electron chi connectivity index (χ4n) is 2.96. The van der Waals surface area contributed by atoms with E-state index in [9.17, 15) is 0 Å². The Bertz CT molecular complexity index is 460. The zero-order chi connectivity index (χ0) is 13.2. The molecule has 0 bridgehead atoms. The summed E-state index contributed by atoms with van der Waals surface area (Å²) >= 11 is 0. The summed E-state index contributed by atoms with van der Waals surface area (Å²) in [6, 6.07) is 10.7. The second-order valence-corrected chi connectivity index (χ2v) is 5.44. The van der Waals surface area contributed by atoms with E-state index in [0.717, 1.165) is 25.9 Å². The Morgan fingerprint density at radius 2 is 2.11 bits per heavy atom. The average molecular weight is 259 g/mol. The van der Waals surface area contributed by atoms with Crippen LogP contribution in [-0.2, 0) is 11.3 Å². The normalized spacial score (nSPS) is 30.7. The number of hydrogen-bond donors (Lipinski definition) is 1. The molecule has 0 aromatic heterocycles. The summed E-state index contributed by atoms with van der Waals surface area (Å²) in [5.74, 6) is 0.650. The molecule has 2 aliphatic rings. The molecule has 102 valence electrons. The fraction of sp³-hybridized carbons (Fsp3) is 0.533. The highest BCUT2D eigenvalue weighted by Crippen LogP contribution is 2.27. The summed E-state index contributed by atoms with van der Waals surface area (Å²) in [6.45, 7) is 3.71. The van der Waals surface area contributed by atoms with Crippen molar-refractivity contribution in [2.45, 2.75) is 44.6 Å². The minimum absolute atomic E-state index is 0.267. The second kappa shape index (κ2) is 5.21. The quantitative estimate of drug-likeness (QED) is 0.899. The van der Waals surface area contributed by atoms with E-state index in [2.05, 4.69) is 41.1 Å². The van der Waals surface area contributed by atoms with Crippen LogP contribution in [0.5, 0.6) is 0 Å². The van der Waals surface area contributed by atoms with E-state index in [0.29, 0.717) is 18.1 Å². The Morgan fingerprint density at radius 3 is 2.79 bits per heavy atom. The maximum Gasteiger partial charge on any atom is 0.192 e. The molecule has 3 atom stereocenters. The summed E-state index contributed by atoms with van der Waals surface area (Å²) in [5.41, 5.74) is 7.30. The van der Waals surface area contributed by atoms with Crippen LogP contribution in [0.25, 0.3) is 0 Å². The van der Waals surface area contributed by atoms with Crippen LogP contribution >= 0.6 is 0 Å². The van der Waals surface area contributed by atoms with Crippen molar-refractivity contribution in [1.29, 1.82) is 0 Å². The van der Waals surface area contributed by atoms with E-state index in [1.165, 1.54) is 5.56 Å². The molecule has 2 heterocycles. The fourth-order valence-corrected chi connectivity index (χ4v) is 2.96. The van der Waals surface area contributed by atoms with E-state index in [4.69, 9.17) is 10.5 Å². The lowest BCUT2D eigenvalue weighted by Gasteiger charge is -2.30. The molecule has 1 fully saturated rings. The van der Waals surface area contributed by atoms with Gasteiger partial charge in [-0.2, -0.15) is 0 Å². The van der Waals surface area contributed by atoms with Gasteiger partial charge >= 0.3 is 0 Å². The molecular formula is C15H21N3O. The molecule has 0 aliphatic carbocycles. The van der Waals surface area contributed by atoms with Gasteiger partial charge in [0.2, 0.25) is 0 Å². The smallest absolute Gasteiger partial charge is 0.192 e. The molecule has 4 heteroatoms. The standard InChI is InChI=1S/C15H21N3O/c1-11-7-8-14(19-11)13-9-17-15(16)18(13)10-12-5-3-2-4-6-12/h2-6,11,13-14H,7-10H2,1H3,(H2,16,17). The van der Waals surface area contributed by atoms with Gasteiger partial charge in [-0.25, -0.2) is 0 Å². The number of nitrogens with two attached hydrogens (primary N) is 1. The minimum atomic E-state index is 0.267. The Morgan fingerprint density at radius 1 is 1.32 bits per heavy atom. The molecular weight excluding hydrogens is 238 g/mol. The van der Waals surface area contributed by atoms with Crippen molar-refractivity contribution in [3.63, 3.8) is 0 Å². The first-order valence-corrected chi connectivity index (χ1v) is 7.00. The molecule has 3 unspecified atom stereocenters. The molecule has 0 radical (unpaired) electrons. The third-order valence-corrected chi connectivity index (χ3v) is 4.02. The Hall–Kier alpha value is -1.55. The van der Waals surface area contributed by atoms with Gasteiger partial charge in [-0.05, 0) is 25.3 Å². The molecule has 2 N–H and O–H groups in total. The first-order valence-electron chi connectivity index (χ1n) is 7.00. The number of benzene rings is 1. The third-order valence-electron chi connectivity index (χ3n) is 4.02. The van der Waals surface area contributed by atoms with Crippen molar-refractivity contribution in [3.05, 3.63) is 35.9 Å². The Kier molecular flexibility index (Phi) is 3.42. The van der Waals surface area contributed by atoms with Gasteiger partial charge in [0.1, 0.15) is 0 Å². The van der Waals surface area contributed by atoms with Crippen molar-refractivity contribution in [2.24, 2.45) is 10.7 Å². The second-order valence-electron chi connectivity index (χ2n) is 5.44. The van der Waals surface area contributed by atoms with E-state index in [-0.39, 0.29) is 6.10 Å². The predicted octanol–water partition coefficient (Wildman–Crippen LogP) is 1.75. The number of nitrogens with zero attached hydrogens (tertiary/aromatic N) is 2. The van der Waals surface area contributed by atoms with E-state index in [1.807, 2.05) is 6.07 Å². The van der Waals surface area contributed by atoms with Crippen LogP contribution in [0.4, 0.5) is 0 Å². The van der Waals surface area contributed by atoms with Gasteiger partial charge in [0.05, 0.1) is 24.8 Å². The molecule has 2 aliphatic heterocycles. The van der Waals surface area contributed by atoms with Crippen LogP contribution in [0.1, 0.15) is 25.3 Å². The monoisotopic (exact) mass is 259 g/mol. The van der Waals surface area contributed by atoms with E-state index >= 15 is 0 Å². The zero-order valence-electron chi connectivity index (χ0n) is 11.3. The SMILES string of the molecule is CC1CCC(C2CN=C(N)N2Cc2ccccc2)O1. The summed E-state index contributed by atoms with van der Waals surface area (Å²) < 4.78 is 5.99. The molecule has 1 aromatic carbocycles. The number of hydrogen-bond acceptors (Lipinski definition) is 4. The van der Waals surface area contributed by atoms with Gasteiger partial charge in [0.15, 0.2) is 5.96 Å². The summed E-state index contributed by atoms with van der Waals surface area (Å²) in [6.07, 6.45) is 2.88. The van der Waals surface area contributed by atoms with Gasteiger partial charge in [-0.3, -0.25) is 4.99 Å². The summed E-state index contributed by atoms with van der Waals surface area (Å²) in [7, 11) is 0. The van der Waals surface area contributed by atoms with Gasteiger partial charge in [-0.15, -0.1) is 0 Å². The number of ether oxygens (including phenoxy) is 1. The summed E-state index contributed by atoms with van der Waals surface area (Å²) in [5, 5.41) is 0. The molecule has 0 amide bonds. The molecule has 3 rings (SSSR count). The number of rotatable bonds is 3. The van der Waals surface area contributed by atoms with E-state index in [1.54, 1.807) is 0 Å².